The minimum absolute atomic E-state index is 0.178. The van der Waals surface area contributed by atoms with Crippen LogP contribution in [0.15, 0.2) is 60.8 Å². The average Bonchev–Trinajstić information content (AvgIpc) is 3.17. The second-order valence-corrected chi connectivity index (χ2v) is 5.66. The topological polar surface area (TPSA) is 78.9 Å². The summed E-state index contributed by atoms with van der Waals surface area (Å²) < 4.78 is 21.5. The molecule has 2 aromatic carbocycles. The Bertz CT molecular complexity index is 972. The van der Waals surface area contributed by atoms with Gasteiger partial charge in [0.05, 0.1) is 7.11 Å². The van der Waals surface area contributed by atoms with Crippen molar-refractivity contribution in [3.8, 4) is 28.9 Å². The smallest absolute Gasteiger partial charge is 0.261 e. The van der Waals surface area contributed by atoms with Crippen molar-refractivity contribution in [1.29, 1.82) is 0 Å². The maximum absolute atomic E-state index is 12.7. The minimum Gasteiger partial charge on any atom is -0.497 e. The maximum atomic E-state index is 12.7. The van der Waals surface area contributed by atoms with Gasteiger partial charge in [0.1, 0.15) is 17.1 Å². The number of carbonyl (C=O) groups is 1. The van der Waals surface area contributed by atoms with Crippen LogP contribution in [0.3, 0.4) is 0 Å². The van der Waals surface area contributed by atoms with E-state index < -0.39 is 0 Å². The van der Waals surface area contributed by atoms with Crippen LogP contribution < -0.4 is 24.3 Å². The lowest BCUT2D eigenvalue weighted by Crippen LogP contribution is -2.13. The minimum atomic E-state index is -0.330. The van der Waals surface area contributed by atoms with E-state index >= 15 is 0 Å². The number of fused-ring (bicyclic) bond motifs is 1. The van der Waals surface area contributed by atoms with E-state index in [1.807, 2.05) is 0 Å². The SMILES string of the molecule is COc1ccc(NC(=O)c2cccnc2Oc2ccc3c(c2)OCO3)cc1. The van der Waals surface area contributed by atoms with Gasteiger partial charge in [-0.05, 0) is 48.5 Å². The first-order chi connectivity index (χ1) is 13.2. The third kappa shape index (κ3) is 3.62. The van der Waals surface area contributed by atoms with E-state index in [1.54, 1.807) is 67.9 Å². The molecule has 1 aliphatic rings. The Hall–Kier alpha value is -3.74. The fourth-order valence-corrected chi connectivity index (χ4v) is 2.57. The molecule has 0 saturated heterocycles. The second kappa shape index (κ2) is 7.25. The number of nitrogens with zero attached hydrogens (tertiary/aromatic N) is 1. The van der Waals surface area contributed by atoms with Crippen molar-refractivity contribution in [2.24, 2.45) is 0 Å². The first-order valence-corrected chi connectivity index (χ1v) is 8.21. The van der Waals surface area contributed by atoms with Gasteiger partial charge in [-0.2, -0.15) is 0 Å². The summed E-state index contributed by atoms with van der Waals surface area (Å²) >= 11 is 0. The molecule has 4 rings (SSSR count). The molecule has 3 aromatic rings. The van der Waals surface area contributed by atoms with Gasteiger partial charge in [-0.1, -0.05) is 0 Å². The predicted octanol–water partition coefficient (Wildman–Crippen LogP) is 3.86. The summed E-state index contributed by atoms with van der Waals surface area (Å²) in [7, 11) is 1.59. The highest BCUT2D eigenvalue weighted by Gasteiger charge is 2.17. The summed E-state index contributed by atoms with van der Waals surface area (Å²) in [4.78, 5) is 16.8. The molecule has 1 N–H and O–H groups in total. The molecule has 0 aliphatic carbocycles. The number of amides is 1. The standard InChI is InChI=1S/C20H16N2O5/c1-24-14-6-4-13(5-7-14)22-19(23)16-3-2-10-21-20(16)27-15-8-9-17-18(11-15)26-12-25-17/h2-11H,12H2,1H3,(H,22,23). The van der Waals surface area contributed by atoms with Crippen molar-refractivity contribution in [1.82, 2.24) is 4.98 Å². The number of pyridine rings is 1. The molecule has 0 saturated carbocycles. The van der Waals surface area contributed by atoms with Crippen molar-refractivity contribution in [3.63, 3.8) is 0 Å². The lowest BCUT2D eigenvalue weighted by atomic mass is 10.2. The first kappa shape index (κ1) is 16.7. The Balaban J connectivity index is 1.54. The van der Waals surface area contributed by atoms with Crippen LogP contribution in [0.4, 0.5) is 5.69 Å². The fraction of sp³-hybridized carbons (Fsp3) is 0.100. The number of ether oxygens (including phenoxy) is 4. The molecule has 1 aromatic heterocycles. The van der Waals surface area contributed by atoms with Gasteiger partial charge in [0, 0.05) is 18.0 Å². The van der Waals surface area contributed by atoms with E-state index in [4.69, 9.17) is 18.9 Å². The Kier molecular flexibility index (Phi) is 4.49. The number of methoxy groups -OCH3 is 1. The summed E-state index contributed by atoms with van der Waals surface area (Å²) in [6, 6.07) is 15.5. The monoisotopic (exact) mass is 364 g/mol. The Morgan fingerprint density at radius 2 is 1.81 bits per heavy atom. The number of aromatic nitrogens is 1. The van der Waals surface area contributed by atoms with Crippen LogP contribution in [0.2, 0.25) is 0 Å². The van der Waals surface area contributed by atoms with E-state index in [0.29, 0.717) is 34.2 Å². The Labute approximate surface area is 155 Å². The van der Waals surface area contributed by atoms with Gasteiger partial charge in [0.25, 0.3) is 5.91 Å². The molecule has 0 bridgehead atoms. The molecule has 0 atom stereocenters. The fourth-order valence-electron chi connectivity index (χ4n) is 2.57. The number of hydrogen-bond donors (Lipinski definition) is 1. The Morgan fingerprint density at radius 3 is 2.63 bits per heavy atom. The number of rotatable bonds is 5. The van der Waals surface area contributed by atoms with E-state index in [0.717, 1.165) is 0 Å². The highest BCUT2D eigenvalue weighted by molar-refractivity contribution is 6.05. The number of nitrogens with one attached hydrogen (secondary N) is 1. The maximum Gasteiger partial charge on any atom is 0.261 e. The number of anilines is 1. The predicted molar refractivity (Wildman–Crippen MR) is 97.8 cm³/mol. The largest absolute Gasteiger partial charge is 0.497 e. The van der Waals surface area contributed by atoms with Gasteiger partial charge < -0.3 is 24.3 Å². The molecule has 1 amide bonds. The van der Waals surface area contributed by atoms with Gasteiger partial charge in [-0.25, -0.2) is 4.98 Å². The molecular weight excluding hydrogens is 348 g/mol. The van der Waals surface area contributed by atoms with Crippen LogP contribution >= 0.6 is 0 Å². The Morgan fingerprint density at radius 1 is 1.04 bits per heavy atom. The van der Waals surface area contributed by atoms with Crippen molar-refractivity contribution in [2.45, 2.75) is 0 Å². The summed E-state index contributed by atoms with van der Waals surface area (Å²) in [6.07, 6.45) is 1.56. The van der Waals surface area contributed by atoms with Crippen LogP contribution in [-0.2, 0) is 0 Å². The van der Waals surface area contributed by atoms with Crippen molar-refractivity contribution in [2.75, 3.05) is 19.2 Å². The van der Waals surface area contributed by atoms with Gasteiger partial charge in [0.15, 0.2) is 11.5 Å². The molecule has 136 valence electrons. The lowest BCUT2D eigenvalue weighted by Gasteiger charge is -2.11. The van der Waals surface area contributed by atoms with Gasteiger partial charge in [0.2, 0.25) is 12.7 Å². The van der Waals surface area contributed by atoms with Crippen molar-refractivity contribution in [3.05, 3.63) is 66.4 Å². The number of carbonyl (C=O) groups excluding carboxylic acids is 1. The average molecular weight is 364 g/mol. The van der Waals surface area contributed by atoms with Gasteiger partial charge in [-0.15, -0.1) is 0 Å². The number of hydrogen-bond acceptors (Lipinski definition) is 6. The molecule has 0 unspecified atom stereocenters. The molecule has 7 nitrogen and oxygen atoms in total. The molecule has 0 spiro atoms. The molecule has 7 heteroatoms. The van der Waals surface area contributed by atoms with Crippen LogP contribution in [0.5, 0.6) is 28.9 Å². The van der Waals surface area contributed by atoms with Gasteiger partial charge in [-0.3, -0.25) is 4.79 Å². The molecule has 2 heterocycles. The zero-order valence-electron chi connectivity index (χ0n) is 14.5. The zero-order chi connectivity index (χ0) is 18.6. The summed E-state index contributed by atoms with van der Waals surface area (Å²) in [5.74, 6) is 2.32. The van der Waals surface area contributed by atoms with Crippen LogP contribution in [-0.4, -0.2) is 24.8 Å². The highest BCUT2D eigenvalue weighted by Crippen LogP contribution is 2.36. The zero-order valence-corrected chi connectivity index (χ0v) is 14.5. The molecule has 1 aliphatic heterocycles. The molecule has 27 heavy (non-hydrogen) atoms. The molecular formula is C20H16N2O5. The molecule has 0 radical (unpaired) electrons. The van der Waals surface area contributed by atoms with E-state index in [-0.39, 0.29) is 18.6 Å². The van der Waals surface area contributed by atoms with Crippen LogP contribution in [0.25, 0.3) is 0 Å². The first-order valence-electron chi connectivity index (χ1n) is 8.21. The highest BCUT2D eigenvalue weighted by atomic mass is 16.7. The lowest BCUT2D eigenvalue weighted by molar-refractivity contribution is 0.102. The van der Waals surface area contributed by atoms with E-state index in [2.05, 4.69) is 10.3 Å². The van der Waals surface area contributed by atoms with Crippen molar-refractivity contribution >= 4 is 11.6 Å². The normalized spacial score (nSPS) is 11.7. The van der Waals surface area contributed by atoms with E-state index in [9.17, 15) is 4.79 Å². The summed E-state index contributed by atoms with van der Waals surface area (Å²) in [5, 5.41) is 2.82. The third-order valence-electron chi connectivity index (χ3n) is 3.92. The number of benzene rings is 2. The molecule has 0 fully saturated rings. The quantitative estimate of drug-likeness (QED) is 0.741. The van der Waals surface area contributed by atoms with Crippen LogP contribution in [0.1, 0.15) is 10.4 Å². The second-order valence-electron chi connectivity index (χ2n) is 5.66. The third-order valence-corrected chi connectivity index (χ3v) is 3.92. The van der Waals surface area contributed by atoms with Crippen LogP contribution in [0, 0.1) is 0 Å². The van der Waals surface area contributed by atoms with E-state index in [1.165, 1.54) is 0 Å². The van der Waals surface area contributed by atoms with Gasteiger partial charge >= 0.3 is 0 Å². The van der Waals surface area contributed by atoms with Crippen molar-refractivity contribution < 1.29 is 23.7 Å². The summed E-state index contributed by atoms with van der Waals surface area (Å²) in [6.45, 7) is 0.178. The summed E-state index contributed by atoms with van der Waals surface area (Å²) in [5.41, 5.74) is 0.949.